The Hall–Kier alpha value is -3.39. The molecule has 0 aliphatic carbocycles. The van der Waals surface area contributed by atoms with Gasteiger partial charge < -0.3 is 23.5 Å². The van der Waals surface area contributed by atoms with Gasteiger partial charge in [0, 0.05) is 11.6 Å². The standard InChI is InChI=1S/C21H19N3O4S/c1-25-15-10-7-11-16(26-2)19(15)29-24-20-18-17(28-23-20)12-14(22-21(18)27-3)13-8-5-4-6-9-13/h4-12H,1-3H3,(H,23,24). The van der Waals surface area contributed by atoms with E-state index in [0.29, 0.717) is 34.2 Å². The van der Waals surface area contributed by atoms with Gasteiger partial charge in [-0.3, -0.25) is 0 Å². The summed E-state index contributed by atoms with van der Waals surface area (Å²) in [5, 5.41) is 4.82. The second kappa shape index (κ2) is 8.32. The zero-order chi connectivity index (χ0) is 20.2. The largest absolute Gasteiger partial charge is 0.495 e. The first kappa shape index (κ1) is 18.9. The molecule has 148 valence electrons. The molecule has 0 aliphatic rings. The van der Waals surface area contributed by atoms with Crippen molar-refractivity contribution in [1.82, 2.24) is 10.1 Å². The van der Waals surface area contributed by atoms with Gasteiger partial charge in [-0.15, -0.1) is 0 Å². The fourth-order valence-electron chi connectivity index (χ4n) is 2.92. The third kappa shape index (κ3) is 3.66. The second-order valence-electron chi connectivity index (χ2n) is 5.98. The predicted octanol–water partition coefficient (Wildman–Crippen LogP) is 5.03. The van der Waals surface area contributed by atoms with Crippen molar-refractivity contribution in [3.63, 3.8) is 0 Å². The Morgan fingerprint density at radius 3 is 2.28 bits per heavy atom. The average molecular weight is 409 g/mol. The quantitative estimate of drug-likeness (QED) is 0.426. The van der Waals surface area contributed by atoms with E-state index in [1.807, 2.05) is 54.6 Å². The molecule has 0 aliphatic heterocycles. The van der Waals surface area contributed by atoms with Crippen LogP contribution in [0.2, 0.25) is 0 Å². The molecular formula is C21H19N3O4S. The maximum atomic E-state index is 5.55. The monoisotopic (exact) mass is 409 g/mol. The van der Waals surface area contributed by atoms with Gasteiger partial charge in [-0.05, 0) is 24.1 Å². The van der Waals surface area contributed by atoms with E-state index in [1.165, 1.54) is 11.9 Å². The van der Waals surface area contributed by atoms with Crippen LogP contribution in [0.15, 0.2) is 64.0 Å². The highest BCUT2D eigenvalue weighted by molar-refractivity contribution is 8.00. The minimum atomic E-state index is 0.428. The van der Waals surface area contributed by atoms with E-state index in [-0.39, 0.29) is 0 Å². The molecular weight excluding hydrogens is 390 g/mol. The van der Waals surface area contributed by atoms with Gasteiger partial charge in [-0.25, -0.2) is 4.98 Å². The summed E-state index contributed by atoms with van der Waals surface area (Å²) in [5.74, 6) is 2.30. The number of fused-ring (bicyclic) bond motifs is 1. The molecule has 4 rings (SSSR count). The van der Waals surface area contributed by atoms with Crippen LogP contribution in [0.25, 0.3) is 22.2 Å². The van der Waals surface area contributed by atoms with Gasteiger partial charge in [0.25, 0.3) is 0 Å². The molecule has 4 aromatic rings. The Bertz CT molecular complexity index is 1110. The maximum absolute atomic E-state index is 5.55. The molecule has 1 N–H and O–H groups in total. The van der Waals surface area contributed by atoms with Crippen molar-refractivity contribution in [2.45, 2.75) is 4.90 Å². The lowest BCUT2D eigenvalue weighted by Gasteiger charge is -2.12. The number of hydrogen-bond donors (Lipinski definition) is 1. The van der Waals surface area contributed by atoms with Crippen LogP contribution in [0, 0.1) is 0 Å². The summed E-state index contributed by atoms with van der Waals surface area (Å²) in [5.41, 5.74) is 2.29. The highest BCUT2D eigenvalue weighted by atomic mass is 32.2. The highest BCUT2D eigenvalue weighted by Crippen LogP contribution is 2.40. The molecule has 0 fully saturated rings. The zero-order valence-electron chi connectivity index (χ0n) is 16.1. The van der Waals surface area contributed by atoms with E-state index in [9.17, 15) is 0 Å². The van der Waals surface area contributed by atoms with Gasteiger partial charge in [0.1, 0.15) is 21.8 Å². The van der Waals surface area contributed by atoms with E-state index < -0.39 is 0 Å². The van der Waals surface area contributed by atoms with E-state index in [4.69, 9.17) is 18.7 Å². The van der Waals surface area contributed by atoms with Crippen LogP contribution in [-0.2, 0) is 0 Å². The van der Waals surface area contributed by atoms with Crippen molar-refractivity contribution in [3.8, 4) is 28.6 Å². The number of rotatable bonds is 7. The molecule has 2 aromatic heterocycles. The van der Waals surface area contributed by atoms with Crippen molar-refractivity contribution in [1.29, 1.82) is 0 Å². The lowest BCUT2D eigenvalue weighted by atomic mass is 10.1. The van der Waals surface area contributed by atoms with E-state index in [2.05, 4.69) is 14.9 Å². The number of aromatic nitrogens is 2. The topological polar surface area (TPSA) is 78.6 Å². The van der Waals surface area contributed by atoms with Gasteiger partial charge in [0.15, 0.2) is 11.4 Å². The summed E-state index contributed by atoms with van der Waals surface area (Å²) in [7, 11) is 4.80. The minimum Gasteiger partial charge on any atom is -0.495 e. The van der Waals surface area contributed by atoms with Crippen LogP contribution in [0.3, 0.4) is 0 Å². The third-order valence-electron chi connectivity index (χ3n) is 4.32. The maximum Gasteiger partial charge on any atom is 0.228 e. The molecule has 2 heterocycles. The van der Waals surface area contributed by atoms with Gasteiger partial charge >= 0.3 is 0 Å². The van der Waals surface area contributed by atoms with Crippen LogP contribution in [0.4, 0.5) is 5.82 Å². The fourth-order valence-corrected chi connectivity index (χ4v) is 3.76. The first-order valence-corrected chi connectivity index (χ1v) is 9.60. The van der Waals surface area contributed by atoms with Gasteiger partial charge in [0.05, 0.1) is 27.0 Å². The van der Waals surface area contributed by atoms with E-state index in [1.54, 1.807) is 21.3 Å². The molecule has 0 radical (unpaired) electrons. The van der Waals surface area contributed by atoms with Crippen LogP contribution >= 0.6 is 11.9 Å². The van der Waals surface area contributed by atoms with Gasteiger partial charge in [0.2, 0.25) is 5.88 Å². The number of anilines is 1. The first-order valence-electron chi connectivity index (χ1n) is 8.78. The van der Waals surface area contributed by atoms with Gasteiger partial charge in [-0.2, -0.15) is 0 Å². The summed E-state index contributed by atoms with van der Waals surface area (Å²) < 4.78 is 25.1. The molecule has 0 bridgehead atoms. The fraction of sp³-hybridized carbons (Fsp3) is 0.143. The SMILES string of the molecule is COc1cccc(OC)c1SNc1noc2cc(-c3ccccc3)nc(OC)c12. The number of methoxy groups -OCH3 is 3. The normalized spacial score (nSPS) is 10.7. The van der Waals surface area contributed by atoms with Crippen molar-refractivity contribution in [2.75, 3.05) is 26.1 Å². The van der Waals surface area contributed by atoms with Crippen molar-refractivity contribution in [3.05, 3.63) is 54.6 Å². The molecule has 29 heavy (non-hydrogen) atoms. The average Bonchev–Trinajstić information content (AvgIpc) is 3.20. The van der Waals surface area contributed by atoms with Gasteiger partial charge in [-0.1, -0.05) is 41.6 Å². The van der Waals surface area contributed by atoms with Crippen molar-refractivity contribution < 1.29 is 18.7 Å². The zero-order valence-corrected chi connectivity index (χ0v) is 16.9. The number of nitrogens with one attached hydrogen (secondary N) is 1. The molecule has 8 heteroatoms. The number of hydrogen-bond acceptors (Lipinski definition) is 8. The second-order valence-corrected chi connectivity index (χ2v) is 6.80. The first-order chi connectivity index (χ1) is 14.2. The molecule has 0 saturated carbocycles. The molecule has 7 nitrogen and oxygen atoms in total. The van der Waals surface area contributed by atoms with Crippen molar-refractivity contribution >= 4 is 28.7 Å². The van der Waals surface area contributed by atoms with Crippen LogP contribution in [-0.4, -0.2) is 31.5 Å². The molecule has 0 saturated heterocycles. The Morgan fingerprint density at radius 2 is 1.62 bits per heavy atom. The summed E-state index contributed by atoms with van der Waals surface area (Å²) in [6.45, 7) is 0. The molecule has 2 aromatic carbocycles. The Balaban J connectivity index is 1.70. The molecule has 0 atom stereocenters. The summed E-state index contributed by atoms with van der Waals surface area (Å²) in [6, 6.07) is 17.3. The summed E-state index contributed by atoms with van der Waals surface area (Å²) in [6.07, 6.45) is 0. The van der Waals surface area contributed by atoms with Crippen LogP contribution < -0.4 is 18.9 Å². The summed E-state index contributed by atoms with van der Waals surface area (Å²) in [4.78, 5) is 5.42. The molecule has 0 unspecified atom stereocenters. The number of nitrogens with zero attached hydrogens (tertiary/aromatic N) is 2. The predicted molar refractivity (Wildman–Crippen MR) is 113 cm³/mol. The number of benzene rings is 2. The Labute approximate surface area is 172 Å². The number of pyridine rings is 1. The molecule has 0 spiro atoms. The lowest BCUT2D eigenvalue weighted by Crippen LogP contribution is -1.96. The Kier molecular flexibility index (Phi) is 5.44. The smallest absolute Gasteiger partial charge is 0.228 e. The van der Waals surface area contributed by atoms with Crippen LogP contribution in [0.1, 0.15) is 0 Å². The highest BCUT2D eigenvalue weighted by Gasteiger charge is 2.19. The van der Waals surface area contributed by atoms with E-state index in [0.717, 1.165) is 16.2 Å². The third-order valence-corrected chi connectivity index (χ3v) is 5.22. The Morgan fingerprint density at radius 1 is 0.897 bits per heavy atom. The summed E-state index contributed by atoms with van der Waals surface area (Å²) >= 11 is 1.31. The lowest BCUT2D eigenvalue weighted by molar-refractivity contribution is 0.376. The number of ether oxygens (including phenoxy) is 3. The van der Waals surface area contributed by atoms with Crippen molar-refractivity contribution in [2.24, 2.45) is 0 Å². The minimum absolute atomic E-state index is 0.428. The molecule has 0 amide bonds. The van der Waals surface area contributed by atoms with E-state index >= 15 is 0 Å². The van der Waals surface area contributed by atoms with Crippen LogP contribution in [0.5, 0.6) is 17.4 Å².